The maximum atomic E-state index is 7.00. The highest BCUT2D eigenvalue weighted by Gasteiger charge is 2.33. The minimum atomic E-state index is 0.658. The Morgan fingerprint density at radius 3 is 2.79 bits per heavy atom. The molecule has 14 heavy (non-hydrogen) atoms. The first kappa shape index (κ1) is 8.02. The minimum absolute atomic E-state index is 0.658. The molecule has 0 saturated carbocycles. The Morgan fingerprint density at radius 2 is 2.00 bits per heavy atom. The van der Waals surface area contributed by atoms with E-state index in [1.807, 2.05) is 6.07 Å². The molecule has 0 amide bonds. The number of hydrogen-bond donors (Lipinski definition) is 1. The highest BCUT2D eigenvalue weighted by molar-refractivity contribution is 5.53. The number of rotatable bonds is 0. The second-order valence-corrected chi connectivity index (χ2v) is 4.21. The number of nitrogens with zero attached hydrogens (tertiary/aromatic N) is 1. The number of fused-ring (bicyclic) bond motifs is 5. The SMILES string of the molecule is [C-]#[N+]c1ccc2c(c1)C1CNCC2C1. The third-order valence-corrected chi connectivity index (χ3v) is 3.43. The van der Waals surface area contributed by atoms with Crippen LogP contribution in [0.25, 0.3) is 4.85 Å². The summed E-state index contributed by atoms with van der Waals surface area (Å²) < 4.78 is 0. The molecule has 1 fully saturated rings. The maximum Gasteiger partial charge on any atom is 0.187 e. The Morgan fingerprint density at radius 1 is 1.21 bits per heavy atom. The average Bonchev–Trinajstić information content (AvgIpc) is 2.51. The molecular weight excluding hydrogens is 172 g/mol. The molecule has 1 saturated heterocycles. The van der Waals surface area contributed by atoms with Crippen molar-refractivity contribution < 1.29 is 0 Å². The van der Waals surface area contributed by atoms with Gasteiger partial charge in [0.25, 0.3) is 0 Å². The molecule has 70 valence electrons. The van der Waals surface area contributed by atoms with Crippen molar-refractivity contribution in [2.75, 3.05) is 13.1 Å². The van der Waals surface area contributed by atoms with Crippen molar-refractivity contribution in [1.82, 2.24) is 5.32 Å². The Hall–Kier alpha value is -1.33. The maximum absolute atomic E-state index is 7.00. The summed E-state index contributed by atoms with van der Waals surface area (Å²) in [6.07, 6.45) is 1.28. The van der Waals surface area contributed by atoms with Gasteiger partial charge in [-0.15, -0.1) is 0 Å². The van der Waals surface area contributed by atoms with Gasteiger partial charge in [-0.3, -0.25) is 0 Å². The molecule has 0 radical (unpaired) electrons. The summed E-state index contributed by atoms with van der Waals surface area (Å²) in [5, 5.41) is 3.45. The largest absolute Gasteiger partial charge is 0.316 e. The Kier molecular flexibility index (Phi) is 1.62. The molecule has 2 aliphatic rings. The third-order valence-electron chi connectivity index (χ3n) is 3.43. The monoisotopic (exact) mass is 184 g/mol. The summed E-state index contributed by atoms with van der Waals surface area (Å²) in [6.45, 7) is 9.20. The Bertz CT molecular complexity index is 417. The normalized spacial score (nSPS) is 28.2. The van der Waals surface area contributed by atoms with Gasteiger partial charge in [0.05, 0.1) is 6.57 Å². The molecule has 1 heterocycles. The van der Waals surface area contributed by atoms with E-state index in [4.69, 9.17) is 6.57 Å². The van der Waals surface area contributed by atoms with Crippen molar-refractivity contribution in [3.63, 3.8) is 0 Å². The second-order valence-electron chi connectivity index (χ2n) is 4.21. The minimum Gasteiger partial charge on any atom is -0.316 e. The summed E-state index contributed by atoms with van der Waals surface area (Å²) in [7, 11) is 0. The molecule has 1 aliphatic heterocycles. The van der Waals surface area contributed by atoms with Crippen molar-refractivity contribution in [2.24, 2.45) is 0 Å². The molecule has 1 N–H and O–H groups in total. The fraction of sp³-hybridized carbons (Fsp3) is 0.417. The van der Waals surface area contributed by atoms with Gasteiger partial charge in [-0.05, 0) is 23.8 Å². The zero-order valence-corrected chi connectivity index (χ0v) is 7.96. The molecule has 1 aromatic carbocycles. The third kappa shape index (κ3) is 0.995. The van der Waals surface area contributed by atoms with Gasteiger partial charge in [0.15, 0.2) is 5.69 Å². The Balaban J connectivity index is 2.14. The topological polar surface area (TPSA) is 16.4 Å². The van der Waals surface area contributed by atoms with Crippen molar-refractivity contribution in [2.45, 2.75) is 18.3 Å². The van der Waals surface area contributed by atoms with Crippen LogP contribution >= 0.6 is 0 Å². The van der Waals surface area contributed by atoms with E-state index in [1.54, 1.807) is 0 Å². The predicted molar refractivity (Wildman–Crippen MR) is 55.7 cm³/mol. The lowest BCUT2D eigenvalue weighted by atomic mass is 9.98. The summed E-state index contributed by atoms with van der Waals surface area (Å²) in [5.74, 6) is 1.36. The number of nitrogens with one attached hydrogen (secondary N) is 1. The molecule has 2 bridgehead atoms. The van der Waals surface area contributed by atoms with Crippen LogP contribution in [0.5, 0.6) is 0 Å². The van der Waals surface area contributed by atoms with Crippen molar-refractivity contribution in [3.8, 4) is 0 Å². The first-order valence-electron chi connectivity index (χ1n) is 5.10. The van der Waals surface area contributed by atoms with E-state index in [0.717, 1.165) is 18.8 Å². The zero-order valence-electron chi connectivity index (χ0n) is 7.96. The standard InChI is InChI=1S/C12H12N2/c1-13-10-2-3-11-8-4-9(7-14-6-8)12(11)5-10/h2-3,5,8-9,14H,4,6-7H2. The van der Waals surface area contributed by atoms with Gasteiger partial charge in [-0.1, -0.05) is 23.8 Å². The van der Waals surface area contributed by atoms with Gasteiger partial charge in [0.2, 0.25) is 0 Å². The predicted octanol–water partition coefficient (Wildman–Crippen LogP) is 2.41. The van der Waals surface area contributed by atoms with Gasteiger partial charge in [-0.2, -0.15) is 0 Å². The van der Waals surface area contributed by atoms with Gasteiger partial charge in [0, 0.05) is 13.1 Å². The fourth-order valence-corrected chi connectivity index (χ4v) is 2.77. The highest BCUT2D eigenvalue weighted by Crippen LogP contribution is 2.44. The number of benzene rings is 1. The van der Waals surface area contributed by atoms with Gasteiger partial charge in [-0.25, -0.2) is 4.85 Å². The van der Waals surface area contributed by atoms with E-state index in [1.165, 1.54) is 17.5 Å². The van der Waals surface area contributed by atoms with Gasteiger partial charge >= 0.3 is 0 Å². The molecule has 0 spiro atoms. The van der Waals surface area contributed by atoms with Crippen LogP contribution in [0, 0.1) is 6.57 Å². The van der Waals surface area contributed by atoms with Crippen LogP contribution in [0.1, 0.15) is 29.4 Å². The van der Waals surface area contributed by atoms with Crippen molar-refractivity contribution in [3.05, 3.63) is 40.7 Å². The first-order valence-corrected chi connectivity index (χ1v) is 5.10. The molecule has 1 aromatic rings. The fourth-order valence-electron chi connectivity index (χ4n) is 2.77. The van der Waals surface area contributed by atoms with E-state index in [2.05, 4.69) is 22.3 Å². The summed E-state index contributed by atoms with van der Waals surface area (Å²) in [4.78, 5) is 3.49. The molecule has 2 nitrogen and oxygen atoms in total. The van der Waals surface area contributed by atoms with E-state index in [0.29, 0.717) is 11.8 Å². The summed E-state index contributed by atoms with van der Waals surface area (Å²) >= 11 is 0. The van der Waals surface area contributed by atoms with Crippen LogP contribution < -0.4 is 5.32 Å². The lowest BCUT2D eigenvalue weighted by molar-refractivity contribution is 0.454. The van der Waals surface area contributed by atoms with Gasteiger partial charge < -0.3 is 5.32 Å². The summed E-state index contributed by atoms with van der Waals surface area (Å²) in [5.41, 5.74) is 3.69. The molecular formula is C12H12N2. The smallest absolute Gasteiger partial charge is 0.187 e. The molecule has 0 aromatic heterocycles. The molecule has 2 unspecified atom stereocenters. The van der Waals surface area contributed by atoms with E-state index in [-0.39, 0.29) is 0 Å². The van der Waals surface area contributed by atoms with Crippen molar-refractivity contribution in [1.29, 1.82) is 0 Å². The number of piperidine rings is 1. The summed E-state index contributed by atoms with van der Waals surface area (Å²) in [6, 6.07) is 6.19. The molecule has 2 heteroatoms. The first-order chi connectivity index (χ1) is 6.88. The molecule has 2 atom stereocenters. The highest BCUT2D eigenvalue weighted by atomic mass is 14.9. The lowest BCUT2D eigenvalue weighted by Gasteiger charge is -2.19. The van der Waals surface area contributed by atoms with Crippen LogP contribution in [-0.2, 0) is 0 Å². The van der Waals surface area contributed by atoms with E-state index < -0.39 is 0 Å². The van der Waals surface area contributed by atoms with E-state index >= 15 is 0 Å². The molecule has 1 aliphatic carbocycles. The van der Waals surface area contributed by atoms with Crippen LogP contribution in [0.3, 0.4) is 0 Å². The quantitative estimate of drug-likeness (QED) is 0.612. The number of hydrogen-bond acceptors (Lipinski definition) is 1. The average molecular weight is 184 g/mol. The second kappa shape index (κ2) is 2.83. The van der Waals surface area contributed by atoms with Crippen LogP contribution in [-0.4, -0.2) is 13.1 Å². The van der Waals surface area contributed by atoms with E-state index in [9.17, 15) is 0 Å². The van der Waals surface area contributed by atoms with Crippen LogP contribution in [0.15, 0.2) is 18.2 Å². The Labute approximate surface area is 83.8 Å². The zero-order chi connectivity index (χ0) is 9.54. The lowest BCUT2D eigenvalue weighted by Crippen LogP contribution is -2.28. The van der Waals surface area contributed by atoms with Crippen molar-refractivity contribution >= 4 is 5.69 Å². The van der Waals surface area contributed by atoms with Gasteiger partial charge in [0.1, 0.15) is 0 Å². The van der Waals surface area contributed by atoms with Crippen LogP contribution in [0.2, 0.25) is 0 Å². The molecule has 3 rings (SSSR count). The van der Waals surface area contributed by atoms with Crippen LogP contribution in [0.4, 0.5) is 5.69 Å².